The third-order valence-corrected chi connectivity index (χ3v) is 3.78. The van der Waals surface area contributed by atoms with Gasteiger partial charge >= 0.3 is 6.03 Å². The molecule has 0 aromatic rings. The molecular formula is C17H31N3O3. The highest BCUT2D eigenvalue weighted by Crippen LogP contribution is 2.09. The lowest BCUT2D eigenvalue weighted by Gasteiger charge is -2.18. The molecule has 0 saturated heterocycles. The molecule has 23 heavy (non-hydrogen) atoms. The summed E-state index contributed by atoms with van der Waals surface area (Å²) >= 11 is 0. The van der Waals surface area contributed by atoms with E-state index >= 15 is 0 Å². The number of urea groups is 1. The fourth-order valence-corrected chi connectivity index (χ4v) is 2.41. The molecule has 0 spiro atoms. The van der Waals surface area contributed by atoms with Gasteiger partial charge in [-0.05, 0) is 19.3 Å². The Kier molecular flexibility index (Phi) is 14.1. The summed E-state index contributed by atoms with van der Waals surface area (Å²) in [6.07, 6.45) is 11.9. The molecule has 0 unspecified atom stereocenters. The van der Waals surface area contributed by atoms with Crippen LogP contribution in [0.3, 0.4) is 0 Å². The second kappa shape index (κ2) is 15.2. The first kappa shape index (κ1) is 21.3. The molecule has 3 amide bonds. The van der Waals surface area contributed by atoms with Crippen molar-refractivity contribution >= 4 is 18.0 Å². The highest BCUT2D eigenvalue weighted by atomic mass is 16.2. The van der Waals surface area contributed by atoms with E-state index in [-0.39, 0.29) is 5.91 Å². The largest absolute Gasteiger partial charge is 0.351 e. The fraction of sp³-hybridized carbons (Fsp3) is 0.824. The van der Waals surface area contributed by atoms with E-state index in [2.05, 4.69) is 11.9 Å². The minimum atomic E-state index is -0.661. The summed E-state index contributed by atoms with van der Waals surface area (Å²) in [5, 5.41) is 0. The van der Waals surface area contributed by atoms with Crippen molar-refractivity contribution in [2.45, 2.75) is 77.6 Å². The van der Waals surface area contributed by atoms with E-state index in [1.165, 1.54) is 31.8 Å². The van der Waals surface area contributed by atoms with E-state index in [0.717, 1.165) is 37.0 Å². The molecule has 0 aliphatic rings. The summed E-state index contributed by atoms with van der Waals surface area (Å²) in [4.78, 5) is 37.9. The predicted octanol–water partition coefficient (Wildman–Crippen LogP) is 3.54. The average Bonchev–Trinajstić information content (AvgIpc) is 2.52. The van der Waals surface area contributed by atoms with Gasteiger partial charge in [-0.25, -0.2) is 14.6 Å². The Hall–Kier alpha value is -1.68. The van der Waals surface area contributed by atoms with Crippen LogP contribution >= 0.6 is 0 Å². The molecule has 6 nitrogen and oxygen atoms in total. The molecule has 132 valence electrons. The van der Waals surface area contributed by atoms with Crippen LogP contribution in [0.25, 0.3) is 0 Å². The van der Waals surface area contributed by atoms with Crippen molar-refractivity contribution in [3.63, 3.8) is 0 Å². The minimum absolute atomic E-state index is 0.206. The number of hydrogen-bond acceptors (Lipinski definition) is 4. The lowest BCUT2D eigenvalue weighted by molar-refractivity contribution is -0.128. The van der Waals surface area contributed by atoms with Crippen molar-refractivity contribution in [3.8, 4) is 0 Å². The molecule has 0 atom stereocenters. The quantitative estimate of drug-likeness (QED) is 0.301. The molecule has 0 fully saturated rings. The molecule has 0 aromatic heterocycles. The number of carbonyl (C=O) groups is 2. The Morgan fingerprint density at radius 2 is 1.57 bits per heavy atom. The van der Waals surface area contributed by atoms with Gasteiger partial charge in [0.15, 0.2) is 0 Å². The van der Waals surface area contributed by atoms with Crippen LogP contribution in [-0.2, 0) is 9.59 Å². The van der Waals surface area contributed by atoms with Crippen molar-refractivity contribution in [2.75, 3.05) is 13.1 Å². The zero-order chi connectivity index (χ0) is 17.3. The number of amides is 3. The van der Waals surface area contributed by atoms with Crippen molar-refractivity contribution < 1.29 is 14.4 Å². The van der Waals surface area contributed by atoms with Crippen LogP contribution in [0.5, 0.6) is 0 Å². The molecule has 0 aliphatic carbocycles. The zero-order valence-corrected chi connectivity index (χ0v) is 14.4. The second-order valence-corrected chi connectivity index (χ2v) is 5.79. The Labute approximate surface area is 139 Å². The first-order valence-corrected chi connectivity index (χ1v) is 8.76. The second-order valence-electron chi connectivity index (χ2n) is 5.79. The lowest BCUT2D eigenvalue weighted by atomic mass is 10.1. The van der Waals surface area contributed by atoms with E-state index in [1.807, 2.05) is 0 Å². The minimum Gasteiger partial charge on any atom is -0.351 e. The van der Waals surface area contributed by atoms with Gasteiger partial charge in [0.1, 0.15) is 0 Å². The average molecular weight is 325 g/mol. The summed E-state index contributed by atoms with van der Waals surface area (Å²) in [6.45, 7) is 3.04. The number of rotatable bonds is 14. The van der Waals surface area contributed by atoms with Crippen LogP contribution in [0.4, 0.5) is 4.79 Å². The van der Waals surface area contributed by atoms with Crippen LogP contribution in [0.1, 0.15) is 77.6 Å². The van der Waals surface area contributed by atoms with Crippen LogP contribution in [0.2, 0.25) is 0 Å². The Morgan fingerprint density at radius 1 is 0.957 bits per heavy atom. The molecule has 0 bridgehead atoms. The van der Waals surface area contributed by atoms with Gasteiger partial charge in [-0.2, -0.15) is 0 Å². The van der Waals surface area contributed by atoms with Crippen molar-refractivity contribution in [1.29, 1.82) is 0 Å². The Morgan fingerprint density at radius 3 is 2.17 bits per heavy atom. The van der Waals surface area contributed by atoms with E-state index in [4.69, 9.17) is 5.73 Å². The van der Waals surface area contributed by atoms with Crippen molar-refractivity contribution in [2.24, 2.45) is 10.7 Å². The maximum absolute atomic E-state index is 12.0. The maximum atomic E-state index is 12.0. The van der Waals surface area contributed by atoms with Gasteiger partial charge in [-0.1, -0.05) is 51.9 Å². The van der Waals surface area contributed by atoms with E-state index in [9.17, 15) is 14.4 Å². The molecular weight excluding hydrogens is 294 g/mol. The summed E-state index contributed by atoms with van der Waals surface area (Å²) in [7, 11) is 0. The molecule has 0 rings (SSSR count). The predicted molar refractivity (Wildman–Crippen MR) is 90.7 cm³/mol. The number of imide groups is 1. The number of nitrogens with two attached hydrogens (primary N) is 1. The molecule has 0 radical (unpaired) electrons. The molecule has 0 aromatic carbocycles. The summed E-state index contributed by atoms with van der Waals surface area (Å²) in [5.74, 6) is -0.206. The molecule has 0 aliphatic heterocycles. The summed E-state index contributed by atoms with van der Waals surface area (Å²) in [6, 6.07) is -0.661. The number of unbranched alkanes of at least 4 members (excludes halogenated alkanes) is 8. The molecule has 2 N–H and O–H groups in total. The number of nitrogens with zero attached hydrogens (tertiary/aromatic N) is 2. The maximum Gasteiger partial charge on any atom is 0.321 e. The standard InChI is InChI=1S/C17H31N3O3/c1-2-3-4-5-6-7-11-14-20(17(18)23)16(22)12-9-8-10-13-19-15-21/h2-14H2,1H3,(H2,18,23). The number of hydrogen-bond donors (Lipinski definition) is 1. The Bertz CT molecular complexity index is 379. The third kappa shape index (κ3) is 12.5. The van der Waals surface area contributed by atoms with E-state index < -0.39 is 6.03 Å². The monoisotopic (exact) mass is 325 g/mol. The normalized spacial score (nSPS) is 10.1. The lowest BCUT2D eigenvalue weighted by Crippen LogP contribution is -2.41. The van der Waals surface area contributed by atoms with Crippen LogP contribution < -0.4 is 5.73 Å². The highest BCUT2D eigenvalue weighted by Gasteiger charge is 2.17. The summed E-state index contributed by atoms with van der Waals surface area (Å²) < 4.78 is 0. The van der Waals surface area contributed by atoms with Gasteiger partial charge < -0.3 is 5.73 Å². The van der Waals surface area contributed by atoms with Crippen molar-refractivity contribution in [1.82, 2.24) is 4.90 Å². The SMILES string of the molecule is CCCCCCCCCN(C(N)=O)C(=O)CCCCCN=C=O. The van der Waals surface area contributed by atoms with Crippen LogP contribution in [0, 0.1) is 0 Å². The first-order valence-electron chi connectivity index (χ1n) is 8.76. The topological polar surface area (TPSA) is 92.8 Å². The third-order valence-electron chi connectivity index (χ3n) is 3.78. The summed E-state index contributed by atoms with van der Waals surface area (Å²) in [5.41, 5.74) is 5.30. The smallest absolute Gasteiger partial charge is 0.321 e. The molecule has 0 saturated carbocycles. The number of primary amides is 1. The zero-order valence-electron chi connectivity index (χ0n) is 14.4. The fourth-order valence-electron chi connectivity index (χ4n) is 2.41. The number of carbonyl (C=O) groups excluding carboxylic acids is 3. The number of isocyanates is 1. The number of aliphatic imine (C=N–C) groups is 1. The van der Waals surface area contributed by atoms with E-state index in [1.54, 1.807) is 0 Å². The molecule has 6 heteroatoms. The van der Waals surface area contributed by atoms with Crippen molar-refractivity contribution in [3.05, 3.63) is 0 Å². The van der Waals surface area contributed by atoms with Gasteiger partial charge in [0.05, 0.1) is 6.54 Å². The van der Waals surface area contributed by atoms with Gasteiger partial charge in [-0.3, -0.25) is 9.69 Å². The first-order chi connectivity index (χ1) is 11.1. The van der Waals surface area contributed by atoms with E-state index in [0.29, 0.717) is 25.9 Å². The highest BCUT2D eigenvalue weighted by molar-refractivity contribution is 5.93. The van der Waals surface area contributed by atoms with Gasteiger partial charge in [0.2, 0.25) is 12.0 Å². The Balaban J connectivity index is 3.84. The van der Waals surface area contributed by atoms with Gasteiger partial charge in [0, 0.05) is 13.0 Å². The van der Waals surface area contributed by atoms with Crippen LogP contribution in [0.15, 0.2) is 4.99 Å². The van der Waals surface area contributed by atoms with Crippen LogP contribution in [-0.4, -0.2) is 36.0 Å². The molecule has 0 heterocycles. The van der Waals surface area contributed by atoms with Gasteiger partial charge in [-0.15, -0.1) is 0 Å². The van der Waals surface area contributed by atoms with Gasteiger partial charge in [0.25, 0.3) is 0 Å².